The Labute approximate surface area is 119 Å². The first kappa shape index (κ1) is 14.0. The number of anilines is 1. The molecular formula is C12H11BrN2O3S. The van der Waals surface area contributed by atoms with Crippen LogP contribution in [0.15, 0.2) is 52.1 Å². The second kappa shape index (κ2) is 5.68. The SMILES string of the molecule is O=S(=O)(Nc1ccc(Br)cc1)c1ccc(CO)cn1. The van der Waals surface area contributed by atoms with Gasteiger partial charge in [0, 0.05) is 16.4 Å². The highest BCUT2D eigenvalue weighted by Crippen LogP contribution is 2.17. The van der Waals surface area contributed by atoms with E-state index in [1.807, 2.05) is 0 Å². The van der Waals surface area contributed by atoms with Crippen molar-refractivity contribution in [3.05, 3.63) is 52.6 Å². The largest absolute Gasteiger partial charge is 0.392 e. The van der Waals surface area contributed by atoms with Gasteiger partial charge in [0.05, 0.1) is 6.61 Å². The molecule has 0 aliphatic heterocycles. The molecule has 0 aliphatic carbocycles. The molecule has 0 unspecified atom stereocenters. The Morgan fingerprint density at radius 2 is 1.84 bits per heavy atom. The number of hydrogen-bond donors (Lipinski definition) is 2. The lowest BCUT2D eigenvalue weighted by Gasteiger charge is -2.07. The van der Waals surface area contributed by atoms with Crippen molar-refractivity contribution in [1.29, 1.82) is 0 Å². The Morgan fingerprint density at radius 3 is 2.37 bits per heavy atom. The average Bonchev–Trinajstić information content (AvgIpc) is 2.41. The van der Waals surface area contributed by atoms with Crippen LogP contribution in [0.3, 0.4) is 0 Å². The molecule has 0 atom stereocenters. The molecule has 100 valence electrons. The number of rotatable bonds is 4. The van der Waals surface area contributed by atoms with Crippen molar-refractivity contribution in [2.45, 2.75) is 11.6 Å². The third kappa shape index (κ3) is 3.52. The van der Waals surface area contributed by atoms with Gasteiger partial charge < -0.3 is 5.11 Å². The van der Waals surface area contributed by atoms with Crippen LogP contribution in [0.2, 0.25) is 0 Å². The first-order valence-electron chi connectivity index (χ1n) is 5.35. The van der Waals surface area contributed by atoms with Gasteiger partial charge in [-0.25, -0.2) is 4.98 Å². The summed E-state index contributed by atoms with van der Waals surface area (Å²) in [4.78, 5) is 3.82. The van der Waals surface area contributed by atoms with Gasteiger partial charge in [-0.2, -0.15) is 8.42 Å². The van der Waals surface area contributed by atoms with Crippen LogP contribution in [0, 0.1) is 0 Å². The molecule has 2 rings (SSSR count). The van der Waals surface area contributed by atoms with Gasteiger partial charge in [-0.05, 0) is 35.9 Å². The van der Waals surface area contributed by atoms with Gasteiger partial charge in [-0.1, -0.05) is 22.0 Å². The highest BCUT2D eigenvalue weighted by molar-refractivity contribution is 9.10. The van der Waals surface area contributed by atoms with Crippen LogP contribution in [0.5, 0.6) is 0 Å². The monoisotopic (exact) mass is 342 g/mol. The van der Waals surface area contributed by atoms with Crippen LogP contribution in [0.4, 0.5) is 5.69 Å². The zero-order valence-electron chi connectivity index (χ0n) is 9.75. The summed E-state index contributed by atoms with van der Waals surface area (Å²) in [6.45, 7) is -0.173. The number of halogens is 1. The van der Waals surface area contributed by atoms with E-state index in [1.165, 1.54) is 18.3 Å². The molecule has 2 N–H and O–H groups in total. The first-order chi connectivity index (χ1) is 9.01. The van der Waals surface area contributed by atoms with Crippen molar-refractivity contribution in [2.75, 3.05) is 4.72 Å². The zero-order chi connectivity index (χ0) is 13.9. The molecule has 2 aromatic rings. The Bertz CT molecular complexity index is 654. The quantitative estimate of drug-likeness (QED) is 0.891. The maximum absolute atomic E-state index is 12.0. The predicted octanol–water partition coefficient (Wildman–Crippen LogP) is 2.14. The highest BCUT2D eigenvalue weighted by Gasteiger charge is 2.15. The summed E-state index contributed by atoms with van der Waals surface area (Å²) in [5, 5.41) is 8.79. The number of aromatic nitrogens is 1. The minimum absolute atomic E-state index is 0.0902. The van der Waals surface area contributed by atoms with E-state index in [9.17, 15) is 8.42 Å². The number of aliphatic hydroxyl groups is 1. The predicted molar refractivity (Wildman–Crippen MR) is 75.1 cm³/mol. The smallest absolute Gasteiger partial charge is 0.279 e. The van der Waals surface area contributed by atoms with E-state index in [2.05, 4.69) is 25.6 Å². The van der Waals surface area contributed by atoms with E-state index < -0.39 is 10.0 Å². The first-order valence-corrected chi connectivity index (χ1v) is 7.63. The Kier molecular flexibility index (Phi) is 4.18. The van der Waals surface area contributed by atoms with E-state index in [1.54, 1.807) is 24.3 Å². The molecular weight excluding hydrogens is 332 g/mol. The normalized spacial score (nSPS) is 11.3. The summed E-state index contributed by atoms with van der Waals surface area (Å²) in [6, 6.07) is 9.63. The molecule has 0 spiro atoms. The van der Waals surface area contributed by atoms with Crippen molar-refractivity contribution in [3.8, 4) is 0 Å². The third-order valence-electron chi connectivity index (χ3n) is 2.35. The second-order valence-electron chi connectivity index (χ2n) is 3.78. The lowest BCUT2D eigenvalue weighted by atomic mass is 10.3. The van der Waals surface area contributed by atoms with Gasteiger partial charge in [0.15, 0.2) is 5.03 Å². The number of benzene rings is 1. The number of sulfonamides is 1. The van der Waals surface area contributed by atoms with E-state index >= 15 is 0 Å². The average molecular weight is 343 g/mol. The molecule has 0 saturated heterocycles. The molecule has 5 nitrogen and oxygen atoms in total. The summed E-state index contributed by atoms with van der Waals surface area (Å²) in [7, 11) is -3.71. The van der Waals surface area contributed by atoms with E-state index in [0.29, 0.717) is 11.3 Å². The van der Waals surface area contributed by atoms with Crippen molar-refractivity contribution in [3.63, 3.8) is 0 Å². The van der Waals surface area contributed by atoms with E-state index in [-0.39, 0.29) is 11.6 Å². The molecule has 1 aromatic carbocycles. The zero-order valence-corrected chi connectivity index (χ0v) is 12.1. The van der Waals surface area contributed by atoms with Gasteiger partial charge >= 0.3 is 0 Å². The minimum Gasteiger partial charge on any atom is -0.392 e. The molecule has 0 aliphatic rings. The van der Waals surface area contributed by atoms with Crippen LogP contribution in [0.1, 0.15) is 5.56 Å². The van der Waals surface area contributed by atoms with Crippen molar-refractivity contribution in [2.24, 2.45) is 0 Å². The van der Waals surface area contributed by atoms with Crippen LogP contribution in [-0.4, -0.2) is 18.5 Å². The number of hydrogen-bond acceptors (Lipinski definition) is 4. The number of nitrogens with one attached hydrogen (secondary N) is 1. The fraction of sp³-hybridized carbons (Fsp3) is 0.0833. The fourth-order valence-electron chi connectivity index (χ4n) is 1.39. The third-order valence-corrected chi connectivity index (χ3v) is 4.18. The van der Waals surface area contributed by atoms with Gasteiger partial charge in [0.1, 0.15) is 0 Å². The van der Waals surface area contributed by atoms with Crippen molar-refractivity contribution >= 4 is 31.6 Å². The lowest BCUT2D eigenvalue weighted by molar-refractivity contribution is 0.281. The van der Waals surface area contributed by atoms with E-state index in [0.717, 1.165) is 4.47 Å². The maximum atomic E-state index is 12.0. The van der Waals surface area contributed by atoms with Crippen LogP contribution < -0.4 is 4.72 Å². The van der Waals surface area contributed by atoms with E-state index in [4.69, 9.17) is 5.11 Å². The molecule has 0 radical (unpaired) electrons. The Morgan fingerprint density at radius 1 is 1.16 bits per heavy atom. The van der Waals surface area contributed by atoms with Gasteiger partial charge in [-0.15, -0.1) is 0 Å². The molecule has 7 heteroatoms. The molecule has 0 amide bonds. The number of aliphatic hydroxyl groups excluding tert-OH is 1. The summed E-state index contributed by atoms with van der Waals surface area (Å²) < 4.78 is 27.4. The van der Waals surface area contributed by atoms with Gasteiger partial charge in [0.25, 0.3) is 10.0 Å². The second-order valence-corrected chi connectivity index (χ2v) is 6.32. The maximum Gasteiger partial charge on any atom is 0.279 e. The number of nitrogens with zero attached hydrogens (tertiary/aromatic N) is 1. The summed E-state index contributed by atoms with van der Waals surface area (Å²) in [5.41, 5.74) is 1.01. The topological polar surface area (TPSA) is 79.3 Å². The van der Waals surface area contributed by atoms with Crippen molar-refractivity contribution < 1.29 is 13.5 Å². The summed E-state index contributed by atoms with van der Waals surface area (Å²) in [6.07, 6.45) is 1.33. The molecule has 1 heterocycles. The lowest BCUT2D eigenvalue weighted by Crippen LogP contribution is -2.14. The fourth-order valence-corrected chi connectivity index (χ4v) is 2.64. The van der Waals surface area contributed by atoms with Gasteiger partial charge in [0.2, 0.25) is 0 Å². The van der Waals surface area contributed by atoms with Crippen molar-refractivity contribution in [1.82, 2.24) is 4.98 Å². The molecule has 1 aromatic heterocycles. The molecule has 0 bridgehead atoms. The Balaban J connectivity index is 2.24. The van der Waals surface area contributed by atoms with Crippen LogP contribution in [-0.2, 0) is 16.6 Å². The van der Waals surface area contributed by atoms with Crippen LogP contribution in [0.25, 0.3) is 0 Å². The molecule has 0 saturated carbocycles. The summed E-state index contributed by atoms with van der Waals surface area (Å²) >= 11 is 3.27. The standard InChI is InChI=1S/C12H11BrN2O3S/c13-10-2-4-11(5-3-10)15-19(17,18)12-6-1-9(8-16)7-14-12/h1-7,15-16H,8H2. The van der Waals surface area contributed by atoms with Gasteiger partial charge in [-0.3, -0.25) is 4.72 Å². The summed E-state index contributed by atoms with van der Waals surface area (Å²) in [5.74, 6) is 0. The number of pyridine rings is 1. The Hall–Kier alpha value is -1.44. The highest BCUT2D eigenvalue weighted by atomic mass is 79.9. The molecule has 0 fully saturated rings. The minimum atomic E-state index is -3.71. The molecule has 19 heavy (non-hydrogen) atoms. The van der Waals surface area contributed by atoms with Crippen LogP contribution >= 0.6 is 15.9 Å².